The molecule has 0 bridgehead atoms. The van der Waals surface area contributed by atoms with E-state index in [1.165, 1.54) is 11.4 Å². The van der Waals surface area contributed by atoms with Gasteiger partial charge in [0.1, 0.15) is 0 Å². The zero-order valence-electron chi connectivity index (χ0n) is 11.3. The molecule has 2 rings (SSSR count). The van der Waals surface area contributed by atoms with Crippen molar-refractivity contribution in [2.75, 3.05) is 0 Å². The lowest BCUT2D eigenvalue weighted by Gasteiger charge is -2.25. The maximum atomic E-state index is 2.34. The molecule has 0 spiro atoms. The molecule has 0 unspecified atom stereocenters. The predicted molar refractivity (Wildman–Crippen MR) is 72.0 cm³/mol. The molecule has 2 nitrogen and oxygen atoms in total. The van der Waals surface area contributed by atoms with Crippen molar-refractivity contribution in [3.63, 3.8) is 0 Å². The minimum atomic E-state index is 0.290. The Kier molecular flexibility index (Phi) is 3.14. The van der Waals surface area contributed by atoms with E-state index in [4.69, 9.17) is 0 Å². The van der Waals surface area contributed by atoms with Gasteiger partial charge in [0.05, 0.1) is 0 Å². The highest BCUT2D eigenvalue weighted by Gasteiger charge is 2.21. The largest absolute Gasteiger partial charge is 0.354 e. The monoisotopic (exact) mass is 230 g/mol. The normalized spacial score (nSPS) is 12.0. The van der Waals surface area contributed by atoms with Crippen LogP contribution < -0.4 is 0 Å². The topological polar surface area (TPSA) is 9.86 Å². The Hall–Kier alpha value is -1.44. The van der Waals surface area contributed by atoms with Gasteiger partial charge in [0.2, 0.25) is 0 Å². The molecule has 92 valence electrons. The Balaban J connectivity index is 2.09. The molecule has 0 saturated heterocycles. The summed E-state index contributed by atoms with van der Waals surface area (Å²) >= 11 is 0. The number of hydrogen-bond acceptors (Lipinski definition) is 0. The fraction of sp³-hybridized carbons (Fsp3) is 0.467. The van der Waals surface area contributed by atoms with Gasteiger partial charge in [-0.25, -0.2) is 0 Å². The molecule has 0 aromatic carbocycles. The summed E-state index contributed by atoms with van der Waals surface area (Å²) < 4.78 is 4.43. The molecule has 0 aliphatic carbocycles. The van der Waals surface area contributed by atoms with Crippen molar-refractivity contribution in [3.8, 4) is 0 Å². The van der Waals surface area contributed by atoms with E-state index in [9.17, 15) is 0 Å². The van der Waals surface area contributed by atoms with E-state index in [0.29, 0.717) is 0 Å². The molecule has 0 aliphatic heterocycles. The highest BCUT2D eigenvalue weighted by Crippen LogP contribution is 2.26. The molecule has 0 radical (unpaired) electrons. The van der Waals surface area contributed by atoms with Crippen molar-refractivity contribution in [2.45, 2.75) is 26.7 Å². The molecule has 2 heterocycles. The van der Waals surface area contributed by atoms with E-state index >= 15 is 0 Å². The van der Waals surface area contributed by atoms with Crippen molar-refractivity contribution >= 4 is 0 Å². The molecule has 0 atom stereocenters. The van der Waals surface area contributed by atoms with E-state index in [2.05, 4.69) is 73.7 Å². The van der Waals surface area contributed by atoms with Crippen LogP contribution in [0.1, 0.15) is 25.2 Å². The van der Waals surface area contributed by atoms with Crippen molar-refractivity contribution in [2.24, 2.45) is 19.5 Å². The fourth-order valence-corrected chi connectivity index (χ4v) is 2.40. The van der Waals surface area contributed by atoms with Crippen LogP contribution in [0.2, 0.25) is 0 Å². The first-order chi connectivity index (χ1) is 7.98. The highest BCUT2D eigenvalue weighted by atomic mass is 14.9. The van der Waals surface area contributed by atoms with Gasteiger partial charge in [-0.1, -0.05) is 13.8 Å². The van der Waals surface area contributed by atoms with Crippen molar-refractivity contribution < 1.29 is 0 Å². The predicted octanol–water partition coefficient (Wildman–Crippen LogP) is 3.18. The lowest BCUT2D eigenvalue weighted by molar-refractivity contribution is 0.346. The number of aryl methyl sites for hydroxylation is 2. The van der Waals surface area contributed by atoms with E-state index in [1.54, 1.807) is 0 Å². The van der Waals surface area contributed by atoms with Gasteiger partial charge in [-0.2, -0.15) is 0 Å². The quantitative estimate of drug-likeness (QED) is 0.763. The molecule has 0 amide bonds. The van der Waals surface area contributed by atoms with Crippen molar-refractivity contribution in [3.05, 3.63) is 48.0 Å². The average molecular weight is 230 g/mol. The van der Waals surface area contributed by atoms with Gasteiger partial charge in [-0.05, 0) is 42.5 Å². The van der Waals surface area contributed by atoms with Gasteiger partial charge in [0, 0.05) is 37.9 Å². The van der Waals surface area contributed by atoms with Crippen LogP contribution in [0, 0.1) is 5.41 Å². The molecule has 0 N–H and O–H groups in total. The van der Waals surface area contributed by atoms with Crippen LogP contribution in [0.5, 0.6) is 0 Å². The second-order valence-electron chi connectivity index (χ2n) is 5.74. The van der Waals surface area contributed by atoms with Gasteiger partial charge in [0.15, 0.2) is 0 Å². The first-order valence-electron chi connectivity index (χ1n) is 6.18. The molecule has 0 aliphatic rings. The van der Waals surface area contributed by atoms with E-state index < -0.39 is 0 Å². The van der Waals surface area contributed by atoms with Crippen LogP contribution in [0.15, 0.2) is 36.7 Å². The van der Waals surface area contributed by atoms with Crippen LogP contribution in [0.25, 0.3) is 0 Å². The Morgan fingerprint density at radius 2 is 1.29 bits per heavy atom. The Morgan fingerprint density at radius 3 is 1.59 bits per heavy atom. The third-order valence-corrected chi connectivity index (χ3v) is 3.42. The zero-order valence-corrected chi connectivity index (χ0v) is 11.3. The Bertz CT molecular complexity index is 444. The Morgan fingerprint density at radius 1 is 0.882 bits per heavy atom. The first kappa shape index (κ1) is 12.0. The number of aromatic nitrogens is 2. The molecular weight excluding hydrogens is 208 g/mol. The zero-order chi connectivity index (χ0) is 12.5. The van der Waals surface area contributed by atoms with Crippen LogP contribution >= 0.6 is 0 Å². The third-order valence-electron chi connectivity index (χ3n) is 3.42. The summed E-state index contributed by atoms with van der Waals surface area (Å²) in [5, 5.41) is 0. The number of hydrogen-bond donors (Lipinski definition) is 0. The van der Waals surface area contributed by atoms with E-state index in [-0.39, 0.29) is 5.41 Å². The van der Waals surface area contributed by atoms with Crippen molar-refractivity contribution in [1.82, 2.24) is 9.13 Å². The van der Waals surface area contributed by atoms with Crippen LogP contribution in [0.3, 0.4) is 0 Å². The fourth-order valence-electron chi connectivity index (χ4n) is 2.40. The second kappa shape index (κ2) is 4.44. The maximum Gasteiger partial charge on any atom is 0.0177 e. The molecule has 2 aromatic heterocycles. The minimum absolute atomic E-state index is 0.290. The van der Waals surface area contributed by atoms with E-state index in [0.717, 1.165) is 12.8 Å². The summed E-state index contributed by atoms with van der Waals surface area (Å²) in [6, 6.07) is 8.67. The van der Waals surface area contributed by atoms with Gasteiger partial charge < -0.3 is 9.13 Å². The van der Waals surface area contributed by atoms with Gasteiger partial charge in [0.25, 0.3) is 0 Å². The second-order valence-corrected chi connectivity index (χ2v) is 5.74. The van der Waals surface area contributed by atoms with Gasteiger partial charge >= 0.3 is 0 Å². The first-order valence-corrected chi connectivity index (χ1v) is 6.18. The van der Waals surface area contributed by atoms with Gasteiger partial charge in [-0.15, -0.1) is 0 Å². The average Bonchev–Trinajstić information content (AvgIpc) is 2.78. The summed E-state index contributed by atoms with van der Waals surface area (Å²) in [7, 11) is 4.24. The number of rotatable bonds is 4. The van der Waals surface area contributed by atoms with E-state index in [1.807, 2.05) is 0 Å². The summed E-state index contributed by atoms with van der Waals surface area (Å²) in [5.41, 5.74) is 3.10. The highest BCUT2D eigenvalue weighted by molar-refractivity contribution is 5.13. The molecule has 2 heteroatoms. The minimum Gasteiger partial charge on any atom is -0.354 e. The SMILES string of the molecule is Cn1cccc1CC(C)(C)Cc1cccn1C. The smallest absolute Gasteiger partial charge is 0.0177 e. The lowest BCUT2D eigenvalue weighted by Crippen LogP contribution is -2.21. The molecule has 0 saturated carbocycles. The summed E-state index contributed by atoms with van der Waals surface area (Å²) in [5.74, 6) is 0. The van der Waals surface area contributed by atoms with Crippen LogP contribution in [-0.4, -0.2) is 9.13 Å². The molecule has 2 aromatic rings. The van der Waals surface area contributed by atoms with Crippen LogP contribution in [0.4, 0.5) is 0 Å². The standard InChI is InChI=1S/C15H22N2/c1-15(2,11-13-7-5-9-16(13)3)12-14-8-6-10-17(14)4/h5-10H,11-12H2,1-4H3. The Labute approximate surface area is 104 Å². The maximum absolute atomic E-state index is 2.34. The van der Waals surface area contributed by atoms with Gasteiger partial charge in [-0.3, -0.25) is 0 Å². The van der Waals surface area contributed by atoms with Crippen molar-refractivity contribution in [1.29, 1.82) is 0 Å². The summed E-state index contributed by atoms with van der Waals surface area (Å²) in [6.07, 6.45) is 6.46. The molecular formula is C15H22N2. The van der Waals surface area contributed by atoms with Crippen LogP contribution in [-0.2, 0) is 26.9 Å². The molecule has 17 heavy (non-hydrogen) atoms. The summed E-state index contributed by atoms with van der Waals surface area (Å²) in [4.78, 5) is 0. The summed E-state index contributed by atoms with van der Waals surface area (Å²) in [6.45, 7) is 4.68. The number of nitrogens with zero attached hydrogens (tertiary/aromatic N) is 2. The molecule has 0 fully saturated rings. The third kappa shape index (κ3) is 2.82. The lowest BCUT2D eigenvalue weighted by atomic mass is 9.83.